The minimum atomic E-state index is -0.0459. The Labute approximate surface area is 159 Å². The monoisotopic (exact) mass is 360 g/mol. The van der Waals surface area contributed by atoms with Gasteiger partial charge in [0.2, 0.25) is 0 Å². The van der Waals surface area contributed by atoms with Crippen molar-refractivity contribution in [1.29, 1.82) is 0 Å². The molecule has 0 bridgehead atoms. The van der Waals surface area contributed by atoms with Gasteiger partial charge in [0, 0.05) is 49.0 Å². The summed E-state index contributed by atoms with van der Waals surface area (Å²) in [6, 6.07) is 14.6. The molecule has 0 unspecified atom stereocenters. The van der Waals surface area contributed by atoms with Crippen molar-refractivity contribution in [3.05, 3.63) is 59.8 Å². The Morgan fingerprint density at radius 1 is 0.963 bits per heavy atom. The zero-order valence-electron chi connectivity index (χ0n) is 15.4. The number of anilines is 2. The number of hydrogen-bond acceptors (Lipinski definition) is 2. The van der Waals surface area contributed by atoms with E-state index in [4.69, 9.17) is 0 Å². The minimum absolute atomic E-state index is 0.0459. The molecule has 2 N–H and O–H groups in total. The van der Waals surface area contributed by atoms with Crippen LogP contribution in [0.3, 0.4) is 0 Å². The third-order valence-corrected chi connectivity index (χ3v) is 5.75. The number of amides is 2. The van der Waals surface area contributed by atoms with Gasteiger partial charge in [-0.05, 0) is 48.6 Å². The number of para-hydroxylation sites is 1. The van der Waals surface area contributed by atoms with Gasteiger partial charge < -0.3 is 20.1 Å². The van der Waals surface area contributed by atoms with Crippen LogP contribution in [-0.4, -0.2) is 29.0 Å². The molecule has 0 spiro atoms. The number of aromatic nitrogens is 1. The van der Waals surface area contributed by atoms with Crippen molar-refractivity contribution in [1.82, 2.24) is 9.88 Å². The zero-order valence-corrected chi connectivity index (χ0v) is 15.4. The number of piperidine rings is 1. The number of carbonyl (C=O) groups excluding carboxylic acids is 1. The van der Waals surface area contributed by atoms with Gasteiger partial charge in [-0.1, -0.05) is 24.3 Å². The maximum absolute atomic E-state index is 12.8. The van der Waals surface area contributed by atoms with E-state index in [9.17, 15) is 4.79 Å². The molecule has 0 saturated carbocycles. The Bertz CT molecular complexity index is 987. The van der Waals surface area contributed by atoms with Gasteiger partial charge >= 0.3 is 6.03 Å². The highest BCUT2D eigenvalue weighted by Crippen LogP contribution is 2.30. The first-order valence-electron chi connectivity index (χ1n) is 9.77. The Kier molecular flexibility index (Phi) is 4.00. The summed E-state index contributed by atoms with van der Waals surface area (Å²) in [5.41, 5.74) is 5.69. The molecule has 5 nitrogen and oxygen atoms in total. The number of fused-ring (bicyclic) bond motifs is 2. The van der Waals surface area contributed by atoms with E-state index in [1.807, 2.05) is 35.4 Å². The van der Waals surface area contributed by atoms with E-state index < -0.39 is 0 Å². The largest absolute Gasteiger partial charge is 0.372 e. The summed E-state index contributed by atoms with van der Waals surface area (Å²) in [5, 5.41) is 4.10. The third kappa shape index (κ3) is 3.03. The molecule has 2 aliphatic rings. The van der Waals surface area contributed by atoms with Crippen LogP contribution in [0.15, 0.2) is 48.7 Å². The average Bonchev–Trinajstić information content (AvgIpc) is 3.32. The molecule has 1 aromatic heterocycles. The fourth-order valence-corrected chi connectivity index (χ4v) is 4.24. The van der Waals surface area contributed by atoms with E-state index in [1.165, 1.54) is 36.1 Å². The van der Waals surface area contributed by atoms with E-state index in [-0.39, 0.29) is 6.03 Å². The van der Waals surface area contributed by atoms with E-state index in [2.05, 4.69) is 33.4 Å². The highest BCUT2D eigenvalue weighted by Gasteiger charge is 2.25. The number of rotatable bonds is 2. The Morgan fingerprint density at radius 3 is 2.67 bits per heavy atom. The molecule has 27 heavy (non-hydrogen) atoms. The first-order valence-corrected chi connectivity index (χ1v) is 9.77. The van der Waals surface area contributed by atoms with Crippen LogP contribution < -0.4 is 10.2 Å². The molecule has 1 fully saturated rings. The standard InChI is InChI=1S/C22H24N4O/c27-22(24-21-13-23-20-7-3-2-6-19(20)21)26-14-16-8-9-18(12-17(16)15-26)25-10-4-1-5-11-25/h2-3,6-9,12-13,23H,1,4-5,10-11,14-15H2,(H,24,27). The first-order chi connectivity index (χ1) is 13.3. The molecule has 5 heteroatoms. The van der Waals surface area contributed by atoms with Crippen molar-refractivity contribution in [2.45, 2.75) is 32.4 Å². The third-order valence-electron chi connectivity index (χ3n) is 5.75. The van der Waals surface area contributed by atoms with Gasteiger partial charge in [0.25, 0.3) is 0 Å². The molecule has 0 radical (unpaired) electrons. The van der Waals surface area contributed by atoms with Gasteiger partial charge in [0.1, 0.15) is 0 Å². The Morgan fingerprint density at radius 2 is 1.78 bits per heavy atom. The summed E-state index contributed by atoms with van der Waals surface area (Å²) in [7, 11) is 0. The predicted molar refractivity (Wildman–Crippen MR) is 109 cm³/mol. The highest BCUT2D eigenvalue weighted by molar-refractivity contribution is 6.01. The summed E-state index contributed by atoms with van der Waals surface area (Å²) in [5.74, 6) is 0. The minimum Gasteiger partial charge on any atom is -0.372 e. The molecule has 0 atom stereocenters. The van der Waals surface area contributed by atoms with Gasteiger partial charge in [-0.3, -0.25) is 0 Å². The van der Waals surface area contributed by atoms with Crippen molar-refractivity contribution in [3.63, 3.8) is 0 Å². The van der Waals surface area contributed by atoms with E-state index >= 15 is 0 Å². The van der Waals surface area contributed by atoms with Crippen LogP contribution in [0.1, 0.15) is 30.4 Å². The lowest BCUT2D eigenvalue weighted by Gasteiger charge is -2.29. The van der Waals surface area contributed by atoms with E-state index in [1.54, 1.807) is 0 Å². The lowest BCUT2D eigenvalue weighted by atomic mass is 10.1. The van der Waals surface area contributed by atoms with Crippen LogP contribution in [0.5, 0.6) is 0 Å². The van der Waals surface area contributed by atoms with Crippen LogP contribution in [0.4, 0.5) is 16.2 Å². The summed E-state index contributed by atoms with van der Waals surface area (Å²) < 4.78 is 0. The van der Waals surface area contributed by atoms with Crippen molar-refractivity contribution < 1.29 is 4.79 Å². The first kappa shape index (κ1) is 16.2. The van der Waals surface area contributed by atoms with Crippen LogP contribution in [0.25, 0.3) is 10.9 Å². The number of H-pyrrole nitrogens is 1. The van der Waals surface area contributed by atoms with Gasteiger partial charge in [-0.2, -0.15) is 0 Å². The molecule has 3 aromatic rings. The van der Waals surface area contributed by atoms with Gasteiger partial charge in [-0.25, -0.2) is 4.79 Å². The number of benzene rings is 2. The SMILES string of the molecule is O=C(Nc1c[nH]c2ccccc12)N1Cc2ccc(N3CCCCC3)cc2C1. The summed E-state index contributed by atoms with van der Waals surface area (Å²) in [6.45, 7) is 3.63. The number of hydrogen-bond donors (Lipinski definition) is 2. The van der Waals surface area contributed by atoms with Crippen LogP contribution >= 0.6 is 0 Å². The van der Waals surface area contributed by atoms with E-state index in [0.29, 0.717) is 13.1 Å². The lowest BCUT2D eigenvalue weighted by Crippen LogP contribution is -2.30. The fraction of sp³-hybridized carbons (Fsp3) is 0.318. The van der Waals surface area contributed by atoms with Gasteiger partial charge in [-0.15, -0.1) is 0 Å². The normalized spacial score (nSPS) is 16.6. The van der Waals surface area contributed by atoms with Crippen LogP contribution in [-0.2, 0) is 13.1 Å². The number of aromatic amines is 1. The number of nitrogens with zero attached hydrogens (tertiary/aromatic N) is 2. The molecule has 1 saturated heterocycles. The molecule has 2 aromatic carbocycles. The Balaban J connectivity index is 1.31. The summed E-state index contributed by atoms with van der Waals surface area (Å²) in [6.07, 6.45) is 5.75. The smallest absolute Gasteiger partial charge is 0.322 e. The molecule has 3 heterocycles. The zero-order chi connectivity index (χ0) is 18.2. The van der Waals surface area contributed by atoms with Crippen molar-refractivity contribution in [2.75, 3.05) is 23.3 Å². The molecular formula is C22H24N4O. The fourth-order valence-electron chi connectivity index (χ4n) is 4.24. The average molecular weight is 360 g/mol. The van der Waals surface area contributed by atoms with Crippen LogP contribution in [0, 0.1) is 0 Å². The quantitative estimate of drug-likeness (QED) is 0.696. The summed E-state index contributed by atoms with van der Waals surface area (Å²) >= 11 is 0. The number of urea groups is 1. The lowest BCUT2D eigenvalue weighted by molar-refractivity contribution is 0.212. The molecule has 0 aliphatic carbocycles. The molecular weight excluding hydrogens is 336 g/mol. The van der Waals surface area contributed by atoms with Crippen molar-refractivity contribution >= 4 is 28.3 Å². The van der Waals surface area contributed by atoms with Crippen LogP contribution in [0.2, 0.25) is 0 Å². The second-order valence-electron chi connectivity index (χ2n) is 7.53. The summed E-state index contributed by atoms with van der Waals surface area (Å²) in [4.78, 5) is 20.4. The highest BCUT2D eigenvalue weighted by atomic mass is 16.2. The predicted octanol–water partition coefficient (Wildman–Crippen LogP) is 4.71. The molecule has 138 valence electrons. The van der Waals surface area contributed by atoms with Crippen molar-refractivity contribution in [2.24, 2.45) is 0 Å². The number of nitrogens with one attached hydrogen (secondary N) is 2. The molecule has 2 aliphatic heterocycles. The maximum atomic E-state index is 12.8. The second-order valence-corrected chi connectivity index (χ2v) is 7.53. The van der Waals surface area contributed by atoms with E-state index in [0.717, 1.165) is 29.7 Å². The molecule has 5 rings (SSSR count). The van der Waals surface area contributed by atoms with Gasteiger partial charge in [0.15, 0.2) is 0 Å². The van der Waals surface area contributed by atoms with Crippen molar-refractivity contribution in [3.8, 4) is 0 Å². The topological polar surface area (TPSA) is 51.4 Å². The second kappa shape index (κ2) is 6.65. The van der Waals surface area contributed by atoms with Gasteiger partial charge in [0.05, 0.1) is 5.69 Å². The Hall–Kier alpha value is -2.95. The number of carbonyl (C=O) groups is 1. The maximum Gasteiger partial charge on any atom is 0.322 e. The molecule has 2 amide bonds.